The molecular formula is C13H16F2O3. The number of para-hydroxylation sites is 1. The molecule has 0 fully saturated rings. The van der Waals surface area contributed by atoms with Crippen molar-refractivity contribution in [3.63, 3.8) is 0 Å². The van der Waals surface area contributed by atoms with E-state index in [1.807, 2.05) is 0 Å². The van der Waals surface area contributed by atoms with Crippen LogP contribution in [0.5, 0.6) is 5.75 Å². The summed E-state index contributed by atoms with van der Waals surface area (Å²) in [5.41, 5.74) is -0.583. The zero-order valence-electron chi connectivity index (χ0n) is 10.6. The van der Waals surface area contributed by atoms with Gasteiger partial charge < -0.3 is 9.47 Å². The molecule has 0 spiro atoms. The molecule has 0 saturated carbocycles. The van der Waals surface area contributed by atoms with Crippen LogP contribution in [0.2, 0.25) is 0 Å². The normalized spacial score (nSPS) is 11.2. The Kier molecular flexibility index (Phi) is 4.64. The molecule has 0 aliphatic heterocycles. The van der Waals surface area contributed by atoms with E-state index in [0.717, 1.165) is 12.1 Å². The highest BCUT2D eigenvalue weighted by molar-refractivity contribution is 5.69. The number of carbonyl (C=O) groups is 1. The fourth-order valence-corrected chi connectivity index (χ4v) is 1.25. The second-order valence-electron chi connectivity index (χ2n) is 4.74. The first-order valence-corrected chi connectivity index (χ1v) is 5.58. The summed E-state index contributed by atoms with van der Waals surface area (Å²) in [6.45, 7) is 5.08. The minimum absolute atomic E-state index is 0.0644. The van der Waals surface area contributed by atoms with Crippen molar-refractivity contribution >= 4 is 5.97 Å². The van der Waals surface area contributed by atoms with Gasteiger partial charge in [-0.05, 0) is 32.9 Å². The maximum absolute atomic E-state index is 13.2. The highest BCUT2D eigenvalue weighted by Gasteiger charge is 2.16. The van der Waals surface area contributed by atoms with Crippen LogP contribution in [0.1, 0.15) is 27.2 Å². The number of benzene rings is 1. The van der Waals surface area contributed by atoms with Crippen LogP contribution in [0, 0.1) is 11.6 Å². The molecule has 1 aromatic carbocycles. The molecule has 1 aromatic rings. The highest BCUT2D eigenvalue weighted by atomic mass is 19.1. The van der Waals surface area contributed by atoms with Crippen LogP contribution < -0.4 is 4.74 Å². The minimum Gasteiger partial charge on any atom is -0.487 e. The van der Waals surface area contributed by atoms with Gasteiger partial charge in [0.15, 0.2) is 17.4 Å². The number of esters is 1. The third-order valence-corrected chi connectivity index (χ3v) is 1.89. The summed E-state index contributed by atoms with van der Waals surface area (Å²) in [6, 6.07) is 3.42. The summed E-state index contributed by atoms with van der Waals surface area (Å²) < 4.78 is 36.3. The molecule has 0 aliphatic carbocycles. The van der Waals surface area contributed by atoms with Gasteiger partial charge in [-0.2, -0.15) is 0 Å². The van der Waals surface area contributed by atoms with E-state index in [2.05, 4.69) is 0 Å². The van der Waals surface area contributed by atoms with Crippen molar-refractivity contribution < 1.29 is 23.0 Å². The van der Waals surface area contributed by atoms with E-state index < -0.39 is 29.0 Å². The summed E-state index contributed by atoms with van der Waals surface area (Å²) in [5.74, 6) is -2.53. The van der Waals surface area contributed by atoms with Gasteiger partial charge in [-0.3, -0.25) is 4.79 Å². The molecule has 0 saturated heterocycles. The van der Waals surface area contributed by atoms with Gasteiger partial charge in [-0.1, -0.05) is 6.07 Å². The molecule has 0 unspecified atom stereocenters. The molecule has 0 aliphatic rings. The van der Waals surface area contributed by atoms with E-state index >= 15 is 0 Å². The Labute approximate surface area is 105 Å². The van der Waals surface area contributed by atoms with Gasteiger partial charge in [0.1, 0.15) is 5.60 Å². The smallest absolute Gasteiger partial charge is 0.309 e. The number of ether oxygens (including phenoxy) is 2. The number of carbonyl (C=O) groups excluding carboxylic acids is 1. The maximum Gasteiger partial charge on any atom is 0.309 e. The Morgan fingerprint density at radius 1 is 1.22 bits per heavy atom. The molecule has 0 N–H and O–H groups in total. The van der Waals surface area contributed by atoms with E-state index in [-0.39, 0.29) is 13.0 Å². The first-order valence-electron chi connectivity index (χ1n) is 5.58. The van der Waals surface area contributed by atoms with Crippen LogP contribution >= 0.6 is 0 Å². The van der Waals surface area contributed by atoms with E-state index in [9.17, 15) is 13.6 Å². The van der Waals surface area contributed by atoms with Crippen LogP contribution in [-0.4, -0.2) is 18.2 Å². The van der Waals surface area contributed by atoms with Crippen LogP contribution in [-0.2, 0) is 9.53 Å². The predicted molar refractivity (Wildman–Crippen MR) is 62.3 cm³/mol. The lowest BCUT2D eigenvalue weighted by atomic mass is 10.2. The van der Waals surface area contributed by atoms with E-state index in [1.54, 1.807) is 20.8 Å². The standard InChI is InChI=1S/C13H16F2O3/c1-13(2,3)18-11(16)7-8-17-12-9(14)5-4-6-10(12)15/h4-6H,7-8H2,1-3H3. The largest absolute Gasteiger partial charge is 0.487 e. The van der Waals surface area contributed by atoms with E-state index in [4.69, 9.17) is 9.47 Å². The third-order valence-electron chi connectivity index (χ3n) is 1.89. The Balaban J connectivity index is 2.45. The van der Waals surface area contributed by atoms with Crippen molar-refractivity contribution in [1.29, 1.82) is 0 Å². The second kappa shape index (κ2) is 5.80. The third kappa shape index (κ3) is 4.69. The van der Waals surface area contributed by atoms with Gasteiger partial charge in [-0.25, -0.2) is 8.78 Å². The van der Waals surface area contributed by atoms with Crippen molar-refractivity contribution in [2.24, 2.45) is 0 Å². The fourth-order valence-electron chi connectivity index (χ4n) is 1.25. The lowest BCUT2D eigenvalue weighted by molar-refractivity contribution is -0.155. The number of hydrogen-bond donors (Lipinski definition) is 0. The van der Waals surface area contributed by atoms with Crippen molar-refractivity contribution in [2.75, 3.05) is 6.61 Å². The monoisotopic (exact) mass is 258 g/mol. The van der Waals surface area contributed by atoms with Crippen molar-refractivity contribution in [3.8, 4) is 5.75 Å². The SMILES string of the molecule is CC(C)(C)OC(=O)CCOc1c(F)cccc1F. The molecular weight excluding hydrogens is 242 g/mol. The maximum atomic E-state index is 13.2. The zero-order valence-corrected chi connectivity index (χ0v) is 10.6. The Morgan fingerprint density at radius 2 is 1.78 bits per heavy atom. The highest BCUT2D eigenvalue weighted by Crippen LogP contribution is 2.21. The molecule has 0 aromatic heterocycles. The molecule has 0 bridgehead atoms. The fraction of sp³-hybridized carbons (Fsp3) is 0.462. The molecule has 3 nitrogen and oxygen atoms in total. The zero-order chi connectivity index (χ0) is 13.8. The van der Waals surface area contributed by atoms with Gasteiger partial charge in [0.2, 0.25) is 0 Å². The van der Waals surface area contributed by atoms with Crippen LogP contribution in [0.4, 0.5) is 8.78 Å². The summed E-state index contributed by atoms with van der Waals surface area (Å²) in [6.07, 6.45) is -0.0644. The van der Waals surface area contributed by atoms with E-state index in [1.165, 1.54) is 6.07 Å². The quantitative estimate of drug-likeness (QED) is 0.778. The molecule has 0 radical (unpaired) electrons. The van der Waals surface area contributed by atoms with Crippen LogP contribution in [0.3, 0.4) is 0 Å². The molecule has 0 heterocycles. The van der Waals surface area contributed by atoms with Crippen LogP contribution in [0.25, 0.3) is 0 Å². The minimum atomic E-state index is -0.792. The van der Waals surface area contributed by atoms with Crippen molar-refractivity contribution in [2.45, 2.75) is 32.8 Å². The molecule has 100 valence electrons. The topological polar surface area (TPSA) is 35.5 Å². The summed E-state index contributed by atoms with van der Waals surface area (Å²) >= 11 is 0. The van der Waals surface area contributed by atoms with Gasteiger partial charge in [-0.15, -0.1) is 0 Å². The predicted octanol–water partition coefficient (Wildman–Crippen LogP) is 3.08. The lowest BCUT2D eigenvalue weighted by Crippen LogP contribution is -2.24. The van der Waals surface area contributed by atoms with Gasteiger partial charge in [0.05, 0.1) is 13.0 Å². The molecule has 0 atom stereocenters. The van der Waals surface area contributed by atoms with Crippen LogP contribution in [0.15, 0.2) is 18.2 Å². The first-order chi connectivity index (χ1) is 8.29. The summed E-state index contributed by atoms with van der Waals surface area (Å²) in [4.78, 5) is 11.3. The average Bonchev–Trinajstić information content (AvgIpc) is 2.19. The Hall–Kier alpha value is -1.65. The van der Waals surface area contributed by atoms with Gasteiger partial charge in [0, 0.05) is 0 Å². The number of rotatable bonds is 4. The molecule has 5 heteroatoms. The lowest BCUT2D eigenvalue weighted by Gasteiger charge is -2.19. The molecule has 1 rings (SSSR count). The molecule has 0 amide bonds. The summed E-state index contributed by atoms with van der Waals surface area (Å²) in [7, 11) is 0. The van der Waals surface area contributed by atoms with Gasteiger partial charge in [0.25, 0.3) is 0 Å². The first kappa shape index (κ1) is 14.4. The van der Waals surface area contributed by atoms with Crippen molar-refractivity contribution in [3.05, 3.63) is 29.8 Å². The molecule has 18 heavy (non-hydrogen) atoms. The Morgan fingerprint density at radius 3 is 2.28 bits per heavy atom. The number of halogens is 2. The second-order valence-corrected chi connectivity index (χ2v) is 4.74. The number of hydrogen-bond acceptors (Lipinski definition) is 3. The Bertz CT molecular complexity index is 404. The van der Waals surface area contributed by atoms with Crippen molar-refractivity contribution in [1.82, 2.24) is 0 Å². The summed E-state index contributed by atoms with van der Waals surface area (Å²) in [5, 5.41) is 0. The van der Waals surface area contributed by atoms with Gasteiger partial charge >= 0.3 is 5.97 Å². The average molecular weight is 258 g/mol. The van der Waals surface area contributed by atoms with E-state index in [0.29, 0.717) is 0 Å².